The van der Waals surface area contributed by atoms with Gasteiger partial charge in [-0.3, -0.25) is 0 Å². The first-order valence-corrected chi connectivity index (χ1v) is 10.5. The van der Waals surface area contributed by atoms with Crippen molar-refractivity contribution in [3.8, 4) is 5.75 Å². The molecule has 1 heterocycles. The number of rotatable bonds is 11. The van der Waals surface area contributed by atoms with Gasteiger partial charge in [0, 0.05) is 38.8 Å². The Morgan fingerprint density at radius 2 is 2.03 bits per heavy atom. The van der Waals surface area contributed by atoms with Gasteiger partial charge in [0.25, 0.3) is 0 Å². The van der Waals surface area contributed by atoms with E-state index in [-0.39, 0.29) is 5.41 Å². The van der Waals surface area contributed by atoms with E-state index >= 15 is 0 Å². The summed E-state index contributed by atoms with van der Waals surface area (Å²) in [5, 5.41) is 15.2. The quantitative estimate of drug-likeness (QED) is 0.333. The fraction of sp³-hybridized carbons (Fsp3) is 0.591. The maximum absolute atomic E-state index is 5.42. The van der Waals surface area contributed by atoms with Crippen molar-refractivity contribution in [1.82, 2.24) is 25.4 Å². The first-order valence-electron chi connectivity index (χ1n) is 10.5. The Kier molecular flexibility index (Phi) is 9.11. The largest absolute Gasteiger partial charge is 0.497 e. The number of ether oxygens (including phenoxy) is 2. The van der Waals surface area contributed by atoms with Crippen LogP contribution >= 0.6 is 0 Å². The highest BCUT2D eigenvalue weighted by Crippen LogP contribution is 2.25. The summed E-state index contributed by atoms with van der Waals surface area (Å²) in [5.74, 6) is 3.32. The lowest BCUT2D eigenvalue weighted by molar-refractivity contribution is 0.145. The van der Waals surface area contributed by atoms with E-state index in [9.17, 15) is 0 Å². The van der Waals surface area contributed by atoms with Crippen LogP contribution in [0.15, 0.2) is 29.3 Å². The molecule has 0 saturated carbocycles. The van der Waals surface area contributed by atoms with Crippen LogP contribution in [-0.2, 0) is 23.7 Å². The van der Waals surface area contributed by atoms with Crippen molar-refractivity contribution in [3.63, 3.8) is 0 Å². The summed E-state index contributed by atoms with van der Waals surface area (Å²) in [6.45, 7) is 11.8. The number of aromatic nitrogens is 3. The highest BCUT2D eigenvalue weighted by atomic mass is 16.5. The average Bonchev–Trinajstić information content (AvgIpc) is 3.07. The Morgan fingerprint density at radius 3 is 2.70 bits per heavy atom. The van der Waals surface area contributed by atoms with Crippen LogP contribution in [0.3, 0.4) is 0 Å². The van der Waals surface area contributed by atoms with Crippen LogP contribution in [-0.4, -0.2) is 54.1 Å². The van der Waals surface area contributed by atoms with E-state index in [0.717, 1.165) is 56.1 Å². The molecule has 0 saturated heterocycles. The van der Waals surface area contributed by atoms with Crippen LogP contribution in [0, 0.1) is 6.92 Å². The number of hydrogen-bond acceptors (Lipinski definition) is 5. The molecule has 8 heteroatoms. The fourth-order valence-corrected chi connectivity index (χ4v) is 2.89. The number of hydrogen-bond donors (Lipinski definition) is 2. The predicted molar refractivity (Wildman–Crippen MR) is 120 cm³/mol. The Balaban J connectivity index is 2.04. The van der Waals surface area contributed by atoms with Crippen LogP contribution < -0.4 is 15.4 Å². The molecular formula is C22H36N6O2. The Morgan fingerprint density at radius 1 is 1.23 bits per heavy atom. The molecular weight excluding hydrogens is 380 g/mol. The lowest BCUT2D eigenvalue weighted by Gasteiger charge is -2.27. The monoisotopic (exact) mass is 416 g/mol. The van der Waals surface area contributed by atoms with Crippen LogP contribution in [0.2, 0.25) is 0 Å². The highest BCUT2D eigenvalue weighted by Gasteiger charge is 2.21. The van der Waals surface area contributed by atoms with E-state index in [1.165, 1.54) is 5.56 Å². The van der Waals surface area contributed by atoms with Crippen molar-refractivity contribution in [2.75, 3.05) is 33.4 Å². The molecule has 166 valence electrons. The van der Waals surface area contributed by atoms with Gasteiger partial charge in [-0.15, -0.1) is 10.2 Å². The van der Waals surface area contributed by atoms with E-state index in [4.69, 9.17) is 14.5 Å². The van der Waals surface area contributed by atoms with Crippen molar-refractivity contribution in [2.24, 2.45) is 12.0 Å². The zero-order valence-electron chi connectivity index (χ0n) is 19.2. The first-order chi connectivity index (χ1) is 14.4. The zero-order valence-corrected chi connectivity index (χ0v) is 19.2. The van der Waals surface area contributed by atoms with Crippen LogP contribution in [0.4, 0.5) is 0 Å². The Hall–Kier alpha value is -2.61. The number of aliphatic imine (C=N–C) groups is 1. The van der Waals surface area contributed by atoms with Crippen LogP contribution in [0.1, 0.15) is 44.4 Å². The van der Waals surface area contributed by atoms with Crippen molar-refractivity contribution >= 4 is 5.96 Å². The molecule has 0 bridgehead atoms. The maximum Gasteiger partial charge on any atom is 0.191 e. The van der Waals surface area contributed by atoms with E-state index in [0.29, 0.717) is 6.54 Å². The molecule has 0 fully saturated rings. The van der Waals surface area contributed by atoms with Gasteiger partial charge >= 0.3 is 0 Å². The van der Waals surface area contributed by atoms with Gasteiger partial charge in [-0.2, -0.15) is 0 Å². The lowest BCUT2D eigenvalue weighted by Crippen LogP contribution is -2.44. The number of benzene rings is 1. The van der Waals surface area contributed by atoms with E-state index in [2.05, 4.69) is 46.8 Å². The number of aryl methyl sites for hydroxylation is 1. The third-order valence-electron chi connectivity index (χ3n) is 5.07. The summed E-state index contributed by atoms with van der Waals surface area (Å²) in [6, 6.07) is 8.19. The molecule has 2 aromatic rings. The Labute approximate surface area is 180 Å². The van der Waals surface area contributed by atoms with Gasteiger partial charge in [0.05, 0.1) is 7.11 Å². The SMILES string of the molecule is CCOCCCNC(=NCc1nnc(C)n1C)NCC(C)(C)c1cccc(OC)c1. The summed E-state index contributed by atoms with van der Waals surface area (Å²) in [7, 11) is 3.64. The van der Waals surface area contributed by atoms with Gasteiger partial charge in [0.2, 0.25) is 0 Å². The molecule has 0 atom stereocenters. The summed E-state index contributed by atoms with van der Waals surface area (Å²) in [5.41, 5.74) is 1.10. The van der Waals surface area contributed by atoms with Crippen molar-refractivity contribution in [3.05, 3.63) is 41.5 Å². The molecule has 8 nitrogen and oxygen atoms in total. The van der Waals surface area contributed by atoms with E-state index in [1.54, 1.807) is 7.11 Å². The van der Waals surface area contributed by atoms with Gasteiger partial charge in [-0.1, -0.05) is 26.0 Å². The molecule has 1 aromatic heterocycles. The first kappa shape index (κ1) is 23.7. The number of nitrogens with zero attached hydrogens (tertiary/aromatic N) is 4. The summed E-state index contributed by atoms with van der Waals surface area (Å²) in [4.78, 5) is 4.72. The topological polar surface area (TPSA) is 85.6 Å². The maximum atomic E-state index is 5.42. The van der Waals surface area contributed by atoms with Crippen LogP contribution in [0.5, 0.6) is 5.75 Å². The summed E-state index contributed by atoms with van der Waals surface area (Å²) < 4.78 is 12.8. The molecule has 0 aliphatic rings. The predicted octanol–water partition coefficient (Wildman–Crippen LogP) is 2.57. The van der Waals surface area contributed by atoms with Gasteiger partial charge in [0.15, 0.2) is 11.8 Å². The number of methoxy groups -OCH3 is 1. The molecule has 0 radical (unpaired) electrons. The van der Waals surface area contributed by atoms with Gasteiger partial charge < -0.3 is 24.7 Å². The minimum absolute atomic E-state index is 0.107. The Bertz CT molecular complexity index is 816. The summed E-state index contributed by atoms with van der Waals surface area (Å²) >= 11 is 0. The highest BCUT2D eigenvalue weighted by molar-refractivity contribution is 5.79. The second kappa shape index (κ2) is 11.5. The molecule has 0 spiro atoms. The van der Waals surface area contributed by atoms with Crippen molar-refractivity contribution in [2.45, 2.75) is 46.1 Å². The smallest absolute Gasteiger partial charge is 0.191 e. The third kappa shape index (κ3) is 7.02. The molecule has 2 N–H and O–H groups in total. The number of nitrogens with one attached hydrogen (secondary N) is 2. The van der Waals surface area contributed by atoms with Gasteiger partial charge in [-0.25, -0.2) is 4.99 Å². The van der Waals surface area contributed by atoms with Gasteiger partial charge in [-0.05, 0) is 38.0 Å². The minimum Gasteiger partial charge on any atom is -0.497 e. The van der Waals surface area contributed by atoms with E-state index < -0.39 is 0 Å². The molecule has 0 aliphatic carbocycles. The standard InChI is InChI=1S/C22H36N6O2/c1-7-30-13-9-12-23-21(24-15-20-27-26-17(2)28(20)5)25-16-22(3,4)18-10-8-11-19(14-18)29-6/h8,10-11,14H,7,9,12-13,15-16H2,1-6H3,(H2,23,24,25). The average molecular weight is 417 g/mol. The lowest BCUT2D eigenvalue weighted by atomic mass is 9.84. The molecule has 0 amide bonds. The fourth-order valence-electron chi connectivity index (χ4n) is 2.89. The normalized spacial score (nSPS) is 12.1. The zero-order chi connectivity index (χ0) is 22.0. The molecule has 1 aromatic carbocycles. The molecule has 2 rings (SSSR count). The minimum atomic E-state index is -0.107. The second-order valence-electron chi connectivity index (χ2n) is 7.83. The van der Waals surface area contributed by atoms with Crippen LogP contribution in [0.25, 0.3) is 0 Å². The summed E-state index contributed by atoms with van der Waals surface area (Å²) in [6.07, 6.45) is 0.914. The molecule has 0 aliphatic heterocycles. The number of guanidine groups is 1. The van der Waals surface area contributed by atoms with Crippen molar-refractivity contribution < 1.29 is 9.47 Å². The molecule has 0 unspecified atom stereocenters. The third-order valence-corrected chi connectivity index (χ3v) is 5.07. The van der Waals surface area contributed by atoms with Crippen molar-refractivity contribution in [1.29, 1.82) is 0 Å². The second-order valence-corrected chi connectivity index (χ2v) is 7.83. The van der Waals surface area contributed by atoms with E-state index in [1.807, 2.05) is 37.6 Å². The van der Waals surface area contributed by atoms with Gasteiger partial charge in [0.1, 0.15) is 18.1 Å². The molecule has 30 heavy (non-hydrogen) atoms.